The summed E-state index contributed by atoms with van der Waals surface area (Å²) in [7, 11) is 0. The normalized spacial score (nSPS) is 30.9. The van der Waals surface area contributed by atoms with Crippen LogP contribution in [0.1, 0.15) is 68.8 Å². The number of ketones is 3. The number of aromatic hydroxyl groups is 2. The predicted octanol–water partition coefficient (Wildman–Crippen LogP) is -0.00730. The van der Waals surface area contributed by atoms with Gasteiger partial charge in [-0.15, -0.1) is 0 Å². The molecule has 1 saturated heterocycles. The Labute approximate surface area is 211 Å². The predicted molar refractivity (Wildman–Crippen MR) is 125 cm³/mol. The van der Waals surface area contributed by atoms with E-state index in [0.29, 0.717) is 0 Å². The lowest BCUT2D eigenvalue weighted by Crippen LogP contribution is -2.53. The molecule has 7 N–H and O–H groups in total. The van der Waals surface area contributed by atoms with Crippen LogP contribution in [-0.2, 0) is 20.7 Å². The fourth-order valence-corrected chi connectivity index (χ4v) is 5.47. The van der Waals surface area contributed by atoms with E-state index in [1.54, 1.807) is 6.92 Å². The van der Waals surface area contributed by atoms with Crippen molar-refractivity contribution >= 4 is 17.3 Å². The van der Waals surface area contributed by atoms with E-state index in [1.165, 1.54) is 24.3 Å². The molecule has 2 aliphatic carbocycles. The van der Waals surface area contributed by atoms with Gasteiger partial charge in [0, 0.05) is 42.0 Å². The third-order valence-corrected chi connectivity index (χ3v) is 7.49. The van der Waals surface area contributed by atoms with Crippen molar-refractivity contribution < 1.29 is 49.4 Å². The van der Waals surface area contributed by atoms with Crippen molar-refractivity contribution in [2.75, 3.05) is 6.61 Å². The highest BCUT2D eigenvalue weighted by Crippen LogP contribution is 2.47. The Morgan fingerprint density at radius 1 is 1.19 bits per heavy atom. The molecule has 0 radical (unpaired) electrons. The lowest BCUT2D eigenvalue weighted by atomic mass is 9.72. The largest absolute Gasteiger partial charge is 0.507 e. The first-order valence-corrected chi connectivity index (χ1v) is 11.9. The second-order valence-corrected chi connectivity index (χ2v) is 9.85. The van der Waals surface area contributed by atoms with Crippen molar-refractivity contribution in [2.45, 2.75) is 62.4 Å². The Balaban J connectivity index is 1.63. The molecule has 1 aliphatic heterocycles. The number of hydrogen-bond donors (Lipinski definition) is 6. The Hall–Kier alpha value is -3.19. The molecular formula is C26H27NO10. The summed E-state index contributed by atoms with van der Waals surface area (Å²) in [6.45, 7) is 0.638. The van der Waals surface area contributed by atoms with Crippen LogP contribution < -0.4 is 5.73 Å². The number of carbonyl (C=O) groups excluding carboxylic acids is 3. The van der Waals surface area contributed by atoms with E-state index in [4.69, 9.17) is 15.2 Å². The zero-order chi connectivity index (χ0) is 26.8. The molecule has 2 aromatic carbocycles. The summed E-state index contributed by atoms with van der Waals surface area (Å²) in [5, 5.41) is 52.3. The summed E-state index contributed by atoms with van der Waals surface area (Å²) in [5.41, 5.74) is 3.36. The number of hydrogen-bond acceptors (Lipinski definition) is 11. The number of Topliss-reactive ketones (excluding diaryl/α,β-unsaturated/α-hetero) is 1. The van der Waals surface area contributed by atoms with Gasteiger partial charge in [0.15, 0.2) is 23.6 Å². The second kappa shape index (κ2) is 8.98. The number of aliphatic hydroxyl groups is 3. The Bertz CT molecular complexity index is 1310. The standard InChI is InChI=1S/C26H27NO10/c1-10-22(31)15(27)6-19(36-10)37-17-8-26(35,18(30)9-28)7-14-12(17)5-13-21(25(14)34)23(32)11-3-2-4-16(29)20(11)24(13)33/h2-5,10,15,17,19,22,28-29,31,34-35H,6-9,27H2,1H3. The average molecular weight is 513 g/mol. The first-order valence-electron chi connectivity index (χ1n) is 11.9. The number of phenolic OH excluding ortho intramolecular Hbond substituents is 2. The maximum Gasteiger partial charge on any atom is 0.198 e. The number of phenols is 2. The highest BCUT2D eigenvalue weighted by molar-refractivity contribution is 6.30. The molecule has 1 fully saturated rings. The van der Waals surface area contributed by atoms with Gasteiger partial charge in [0.05, 0.1) is 29.4 Å². The van der Waals surface area contributed by atoms with Crippen molar-refractivity contribution in [3.63, 3.8) is 0 Å². The van der Waals surface area contributed by atoms with Crippen LogP contribution in [0.25, 0.3) is 0 Å². The van der Waals surface area contributed by atoms with Crippen molar-refractivity contribution in [3.8, 4) is 11.5 Å². The van der Waals surface area contributed by atoms with Gasteiger partial charge in [0.25, 0.3) is 0 Å². The number of rotatable bonds is 4. The number of fused-ring (bicyclic) bond motifs is 3. The summed E-state index contributed by atoms with van der Waals surface area (Å²) in [4.78, 5) is 39.2. The topological polar surface area (TPSA) is 197 Å². The number of benzene rings is 2. The molecule has 0 amide bonds. The van der Waals surface area contributed by atoms with Gasteiger partial charge in [0.1, 0.15) is 23.7 Å². The number of carbonyl (C=O) groups is 3. The van der Waals surface area contributed by atoms with Gasteiger partial charge < -0.3 is 40.7 Å². The van der Waals surface area contributed by atoms with Crippen LogP contribution in [0.5, 0.6) is 11.5 Å². The van der Waals surface area contributed by atoms with E-state index in [0.717, 1.165) is 0 Å². The van der Waals surface area contributed by atoms with E-state index in [1.807, 2.05) is 0 Å². The fourth-order valence-electron chi connectivity index (χ4n) is 5.47. The maximum absolute atomic E-state index is 13.3. The third-order valence-electron chi connectivity index (χ3n) is 7.49. The van der Waals surface area contributed by atoms with Crippen LogP contribution >= 0.6 is 0 Å². The first-order chi connectivity index (χ1) is 17.5. The summed E-state index contributed by atoms with van der Waals surface area (Å²) in [6.07, 6.45) is -4.38. The number of ether oxygens (including phenoxy) is 2. The monoisotopic (exact) mass is 513 g/mol. The Morgan fingerprint density at radius 2 is 1.89 bits per heavy atom. The SMILES string of the molecule is CC1OC(OC2CC(O)(C(=O)CO)Cc3c2cc2c(c3O)C(=O)c3cccc(O)c3C2=O)CC(N)C1O. The minimum atomic E-state index is -2.14. The maximum atomic E-state index is 13.3. The summed E-state index contributed by atoms with van der Waals surface area (Å²) in [6, 6.07) is 4.71. The molecule has 0 spiro atoms. The highest BCUT2D eigenvalue weighted by atomic mass is 16.7. The second-order valence-electron chi connectivity index (χ2n) is 9.85. The number of aliphatic hydroxyl groups excluding tert-OH is 2. The molecule has 6 unspecified atom stereocenters. The molecule has 37 heavy (non-hydrogen) atoms. The molecule has 196 valence electrons. The quantitative estimate of drug-likeness (QED) is 0.274. The van der Waals surface area contributed by atoms with Crippen molar-refractivity contribution in [1.82, 2.24) is 0 Å². The molecule has 6 atom stereocenters. The molecule has 5 rings (SSSR count). The van der Waals surface area contributed by atoms with Crippen LogP contribution in [0.4, 0.5) is 0 Å². The molecule has 2 aromatic rings. The van der Waals surface area contributed by atoms with Gasteiger partial charge in [-0.25, -0.2) is 0 Å². The van der Waals surface area contributed by atoms with E-state index >= 15 is 0 Å². The van der Waals surface area contributed by atoms with E-state index in [-0.39, 0.29) is 52.0 Å². The molecule has 11 nitrogen and oxygen atoms in total. The van der Waals surface area contributed by atoms with Crippen molar-refractivity contribution in [2.24, 2.45) is 5.73 Å². The van der Waals surface area contributed by atoms with Gasteiger partial charge in [-0.3, -0.25) is 14.4 Å². The van der Waals surface area contributed by atoms with Gasteiger partial charge in [0.2, 0.25) is 0 Å². The van der Waals surface area contributed by atoms with Crippen LogP contribution in [-0.4, -0.2) is 79.6 Å². The van der Waals surface area contributed by atoms with Crippen LogP contribution in [0.2, 0.25) is 0 Å². The molecule has 0 bridgehead atoms. The van der Waals surface area contributed by atoms with E-state index in [9.17, 15) is 39.9 Å². The van der Waals surface area contributed by atoms with Crippen LogP contribution in [0.3, 0.4) is 0 Å². The number of nitrogens with two attached hydrogens (primary N) is 1. The lowest BCUT2D eigenvalue weighted by Gasteiger charge is -2.42. The van der Waals surface area contributed by atoms with Crippen LogP contribution in [0.15, 0.2) is 24.3 Å². The third kappa shape index (κ3) is 3.95. The van der Waals surface area contributed by atoms with E-state index < -0.39 is 72.4 Å². The fraction of sp³-hybridized carbons (Fsp3) is 0.423. The minimum absolute atomic E-state index is 0.0113. The van der Waals surface area contributed by atoms with Crippen LogP contribution in [0, 0.1) is 0 Å². The van der Waals surface area contributed by atoms with E-state index in [2.05, 4.69) is 0 Å². The zero-order valence-corrected chi connectivity index (χ0v) is 19.9. The van der Waals surface area contributed by atoms with Gasteiger partial charge >= 0.3 is 0 Å². The molecular weight excluding hydrogens is 486 g/mol. The molecule has 11 heteroatoms. The van der Waals surface area contributed by atoms with Crippen molar-refractivity contribution in [1.29, 1.82) is 0 Å². The molecule has 3 aliphatic rings. The summed E-state index contributed by atoms with van der Waals surface area (Å²) >= 11 is 0. The molecule has 1 heterocycles. The molecule has 0 aromatic heterocycles. The first kappa shape index (κ1) is 25.5. The zero-order valence-electron chi connectivity index (χ0n) is 19.9. The lowest BCUT2D eigenvalue weighted by molar-refractivity contribution is -0.247. The summed E-state index contributed by atoms with van der Waals surface area (Å²) in [5.74, 6) is -3.27. The Morgan fingerprint density at radius 3 is 2.57 bits per heavy atom. The minimum Gasteiger partial charge on any atom is -0.507 e. The van der Waals surface area contributed by atoms with Gasteiger partial charge in [-0.05, 0) is 24.6 Å². The smallest absolute Gasteiger partial charge is 0.198 e. The van der Waals surface area contributed by atoms with Crippen molar-refractivity contribution in [3.05, 3.63) is 57.6 Å². The Kier molecular flexibility index (Phi) is 6.18. The molecule has 0 saturated carbocycles. The highest BCUT2D eigenvalue weighted by Gasteiger charge is 2.48. The summed E-state index contributed by atoms with van der Waals surface area (Å²) < 4.78 is 11.8. The van der Waals surface area contributed by atoms with Gasteiger partial charge in [-0.1, -0.05) is 12.1 Å². The van der Waals surface area contributed by atoms with Gasteiger partial charge in [-0.2, -0.15) is 0 Å². The average Bonchev–Trinajstić information content (AvgIpc) is 2.85.